The first kappa shape index (κ1) is 14.8. The minimum absolute atomic E-state index is 0.0791. The van der Waals surface area contributed by atoms with Crippen LogP contribution in [0.4, 0.5) is 0 Å². The molecule has 1 aliphatic heterocycles. The molecule has 20 heavy (non-hydrogen) atoms. The fourth-order valence-corrected chi connectivity index (χ4v) is 4.30. The molecule has 0 N–H and O–H groups in total. The van der Waals surface area contributed by atoms with E-state index in [9.17, 15) is 13.2 Å². The SMILES string of the molecule is COc1ccc(OC)c(C(=O)C2CCCCS2(=O)=O)c1. The van der Waals surface area contributed by atoms with Gasteiger partial charge in [-0.1, -0.05) is 6.42 Å². The predicted molar refractivity (Wildman–Crippen MR) is 75.3 cm³/mol. The third-order valence-corrected chi connectivity index (χ3v) is 5.72. The van der Waals surface area contributed by atoms with E-state index in [0.717, 1.165) is 6.42 Å². The van der Waals surface area contributed by atoms with Crippen molar-refractivity contribution in [2.45, 2.75) is 24.5 Å². The number of ether oxygens (including phenoxy) is 2. The van der Waals surface area contributed by atoms with Crippen molar-refractivity contribution in [2.75, 3.05) is 20.0 Å². The lowest BCUT2D eigenvalue weighted by Crippen LogP contribution is -2.35. The van der Waals surface area contributed by atoms with Crippen molar-refractivity contribution in [3.63, 3.8) is 0 Å². The number of carbonyl (C=O) groups is 1. The molecule has 0 bridgehead atoms. The highest BCUT2D eigenvalue weighted by molar-refractivity contribution is 7.92. The summed E-state index contributed by atoms with van der Waals surface area (Å²) < 4.78 is 34.4. The molecule has 1 fully saturated rings. The van der Waals surface area contributed by atoms with Crippen LogP contribution in [0, 0.1) is 0 Å². The van der Waals surface area contributed by atoms with Crippen molar-refractivity contribution < 1.29 is 22.7 Å². The lowest BCUT2D eigenvalue weighted by molar-refractivity contribution is 0.0978. The summed E-state index contributed by atoms with van der Waals surface area (Å²) in [5, 5.41) is -0.961. The van der Waals surface area contributed by atoms with Crippen LogP contribution in [-0.4, -0.2) is 39.4 Å². The van der Waals surface area contributed by atoms with Gasteiger partial charge in [0.15, 0.2) is 15.6 Å². The Labute approximate surface area is 118 Å². The summed E-state index contributed by atoms with van der Waals surface area (Å²) in [5.41, 5.74) is 0.266. The van der Waals surface area contributed by atoms with Crippen molar-refractivity contribution in [1.29, 1.82) is 0 Å². The van der Waals surface area contributed by atoms with Crippen LogP contribution in [0.1, 0.15) is 29.6 Å². The van der Waals surface area contributed by atoms with Crippen LogP contribution in [0.3, 0.4) is 0 Å². The van der Waals surface area contributed by atoms with Crippen LogP contribution in [0.25, 0.3) is 0 Å². The summed E-state index contributed by atoms with van der Waals surface area (Å²) in [5.74, 6) is 0.551. The molecule has 1 aliphatic rings. The zero-order valence-electron chi connectivity index (χ0n) is 11.6. The van der Waals surface area contributed by atoms with E-state index >= 15 is 0 Å². The number of benzene rings is 1. The van der Waals surface area contributed by atoms with Crippen LogP contribution >= 0.6 is 0 Å². The standard InChI is InChI=1S/C14H18O5S/c1-18-10-6-7-12(19-2)11(9-10)14(15)13-5-3-4-8-20(13,16)17/h6-7,9,13H,3-5,8H2,1-2H3. The smallest absolute Gasteiger partial charge is 0.184 e. The molecule has 2 rings (SSSR count). The van der Waals surface area contributed by atoms with Gasteiger partial charge in [-0.2, -0.15) is 0 Å². The van der Waals surface area contributed by atoms with Gasteiger partial charge in [-0.25, -0.2) is 8.42 Å². The molecule has 110 valence electrons. The van der Waals surface area contributed by atoms with Gasteiger partial charge in [0.05, 0.1) is 25.5 Å². The monoisotopic (exact) mass is 298 g/mol. The molecule has 6 heteroatoms. The van der Waals surface area contributed by atoms with Gasteiger partial charge in [0.25, 0.3) is 0 Å². The molecule has 1 unspecified atom stereocenters. The highest BCUT2D eigenvalue weighted by atomic mass is 32.2. The van der Waals surface area contributed by atoms with E-state index in [0.29, 0.717) is 24.3 Å². The molecule has 5 nitrogen and oxygen atoms in total. The molecule has 1 aromatic rings. The van der Waals surface area contributed by atoms with Crippen molar-refractivity contribution in [3.8, 4) is 11.5 Å². The second-order valence-corrected chi connectivity index (χ2v) is 7.08. The van der Waals surface area contributed by atoms with Gasteiger partial charge in [-0.05, 0) is 31.0 Å². The Hall–Kier alpha value is -1.56. The Kier molecular flexibility index (Phi) is 4.32. The van der Waals surface area contributed by atoms with Crippen LogP contribution < -0.4 is 9.47 Å². The van der Waals surface area contributed by atoms with Crippen LogP contribution in [0.2, 0.25) is 0 Å². The fraction of sp³-hybridized carbons (Fsp3) is 0.500. The second kappa shape index (κ2) is 5.83. The summed E-state index contributed by atoms with van der Waals surface area (Å²) in [6, 6.07) is 4.82. The molecular weight excluding hydrogens is 280 g/mol. The summed E-state index contributed by atoms with van der Waals surface area (Å²) in [7, 11) is -0.416. The molecule has 1 aromatic carbocycles. The molecule has 1 atom stereocenters. The number of sulfone groups is 1. The van der Waals surface area contributed by atoms with E-state index in [1.54, 1.807) is 12.1 Å². The summed E-state index contributed by atoms with van der Waals surface area (Å²) >= 11 is 0. The number of carbonyl (C=O) groups excluding carboxylic acids is 1. The fourth-order valence-electron chi connectivity index (χ4n) is 2.43. The van der Waals surface area contributed by atoms with E-state index in [1.165, 1.54) is 20.3 Å². The quantitative estimate of drug-likeness (QED) is 0.793. The van der Waals surface area contributed by atoms with Crippen molar-refractivity contribution in [1.82, 2.24) is 0 Å². The van der Waals surface area contributed by atoms with Gasteiger partial charge >= 0.3 is 0 Å². The third-order valence-electron chi connectivity index (χ3n) is 3.54. The van der Waals surface area contributed by atoms with E-state index in [4.69, 9.17) is 9.47 Å². The predicted octanol–water partition coefficient (Wildman–Crippen LogP) is 1.85. The van der Waals surface area contributed by atoms with Crippen LogP contribution in [0.5, 0.6) is 11.5 Å². The maximum absolute atomic E-state index is 12.5. The summed E-state index contributed by atoms with van der Waals surface area (Å²) in [6.45, 7) is 0. The van der Waals surface area contributed by atoms with E-state index in [-0.39, 0.29) is 11.3 Å². The Bertz CT molecular complexity index is 606. The maximum atomic E-state index is 12.5. The Morgan fingerprint density at radius 2 is 1.95 bits per heavy atom. The van der Waals surface area contributed by atoms with Gasteiger partial charge in [-0.3, -0.25) is 4.79 Å². The first-order valence-electron chi connectivity index (χ1n) is 6.47. The summed E-state index contributed by atoms with van der Waals surface area (Å²) in [6.07, 6.45) is 1.75. The normalized spacial score (nSPS) is 21.2. The van der Waals surface area contributed by atoms with Crippen LogP contribution in [0.15, 0.2) is 18.2 Å². The van der Waals surface area contributed by atoms with Gasteiger partial charge < -0.3 is 9.47 Å². The van der Waals surface area contributed by atoms with Crippen molar-refractivity contribution in [2.24, 2.45) is 0 Å². The molecule has 1 heterocycles. The van der Waals surface area contributed by atoms with E-state index in [1.807, 2.05) is 0 Å². The zero-order valence-corrected chi connectivity index (χ0v) is 12.4. The number of hydrogen-bond donors (Lipinski definition) is 0. The number of Topliss-reactive ketones (excluding diaryl/α,β-unsaturated/α-hetero) is 1. The number of ketones is 1. The van der Waals surface area contributed by atoms with Gasteiger partial charge in [0.1, 0.15) is 16.7 Å². The highest BCUT2D eigenvalue weighted by Gasteiger charge is 2.36. The lowest BCUT2D eigenvalue weighted by Gasteiger charge is -2.22. The maximum Gasteiger partial charge on any atom is 0.184 e. The largest absolute Gasteiger partial charge is 0.497 e. The number of rotatable bonds is 4. The molecule has 0 aromatic heterocycles. The van der Waals surface area contributed by atoms with Gasteiger partial charge in [0, 0.05) is 0 Å². The number of hydrogen-bond acceptors (Lipinski definition) is 5. The van der Waals surface area contributed by atoms with Crippen LogP contribution in [-0.2, 0) is 9.84 Å². The molecule has 0 spiro atoms. The lowest BCUT2D eigenvalue weighted by atomic mass is 10.0. The van der Waals surface area contributed by atoms with E-state index < -0.39 is 20.9 Å². The third kappa shape index (κ3) is 2.80. The first-order valence-corrected chi connectivity index (χ1v) is 8.19. The minimum atomic E-state index is -3.36. The molecule has 1 saturated heterocycles. The second-order valence-electron chi connectivity index (χ2n) is 4.78. The van der Waals surface area contributed by atoms with E-state index in [2.05, 4.69) is 0 Å². The van der Waals surface area contributed by atoms with Gasteiger partial charge in [-0.15, -0.1) is 0 Å². The highest BCUT2D eigenvalue weighted by Crippen LogP contribution is 2.29. The first-order chi connectivity index (χ1) is 9.49. The molecule has 0 radical (unpaired) electrons. The van der Waals surface area contributed by atoms with Gasteiger partial charge in [0.2, 0.25) is 0 Å². The number of methoxy groups -OCH3 is 2. The minimum Gasteiger partial charge on any atom is -0.497 e. The average molecular weight is 298 g/mol. The zero-order chi connectivity index (χ0) is 14.8. The Morgan fingerprint density at radius 1 is 1.20 bits per heavy atom. The van der Waals surface area contributed by atoms with Crippen molar-refractivity contribution >= 4 is 15.6 Å². The average Bonchev–Trinajstić information content (AvgIpc) is 2.45. The molecule has 0 saturated carbocycles. The molecule has 0 aliphatic carbocycles. The van der Waals surface area contributed by atoms with Crippen molar-refractivity contribution in [3.05, 3.63) is 23.8 Å². The molecular formula is C14H18O5S. The Morgan fingerprint density at radius 3 is 2.55 bits per heavy atom. The Balaban J connectivity index is 2.42. The summed E-state index contributed by atoms with van der Waals surface area (Å²) in [4.78, 5) is 12.5. The topological polar surface area (TPSA) is 69.7 Å². The molecule has 0 amide bonds.